The van der Waals surface area contributed by atoms with Gasteiger partial charge in [0.25, 0.3) is 0 Å². The van der Waals surface area contributed by atoms with Gasteiger partial charge in [0.1, 0.15) is 11.9 Å². The predicted octanol–water partition coefficient (Wildman–Crippen LogP) is 4.10. The SMILES string of the molecule is Cc1ccc(S(=O)(=O)N(C)C(c2ccc(Cl)cc2)c2nccn2C)c(C)c1. The van der Waals surface area contributed by atoms with E-state index >= 15 is 0 Å². The highest BCUT2D eigenvalue weighted by atomic mass is 35.5. The number of aryl methyl sites for hydroxylation is 3. The smallest absolute Gasteiger partial charge is 0.244 e. The minimum absolute atomic E-state index is 0.295. The number of hydrogen-bond donors (Lipinski definition) is 0. The maximum absolute atomic E-state index is 13.4. The summed E-state index contributed by atoms with van der Waals surface area (Å²) < 4.78 is 30.0. The largest absolute Gasteiger partial charge is 0.336 e. The zero-order valence-corrected chi connectivity index (χ0v) is 17.3. The van der Waals surface area contributed by atoms with Crippen molar-refractivity contribution >= 4 is 21.6 Å². The van der Waals surface area contributed by atoms with E-state index in [2.05, 4.69) is 4.98 Å². The van der Waals surface area contributed by atoms with E-state index in [0.29, 0.717) is 15.7 Å². The highest BCUT2D eigenvalue weighted by molar-refractivity contribution is 7.89. The zero-order chi connectivity index (χ0) is 19.8. The maximum atomic E-state index is 13.4. The number of benzene rings is 2. The zero-order valence-electron chi connectivity index (χ0n) is 15.7. The Balaban J connectivity index is 2.14. The first kappa shape index (κ1) is 19.6. The molecule has 1 atom stereocenters. The predicted molar refractivity (Wildman–Crippen MR) is 107 cm³/mol. The van der Waals surface area contributed by atoms with Crippen molar-refractivity contribution in [1.29, 1.82) is 0 Å². The van der Waals surface area contributed by atoms with E-state index in [-0.39, 0.29) is 0 Å². The summed E-state index contributed by atoms with van der Waals surface area (Å²) in [7, 11) is -0.304. The molecule has 0 amide bonds. The summed E-state index contributed by atoms with van der Waals surface area (Å²) in [5.41, 5.74) is 2.54. The maximum Gasteiger partial charge on any atom is 0.244 e. The number of aromatic nitrogens is 2. The fraction of sp³-hybridized carbons (Fsp3) is 0.250. The molecule has 0 saturated carbocycles. The summed E-state index contributed by atoms with van der Waals surface area (Å²) in [6, 6.07) is 11.9. The van der Waals surface area contributed by atoms with E-state index in [1.54, 1.807) is 37.6 Å². The van der Waals surface area contributed by atoms with Gasteiger partial charge in [0, 0.05) is 31.5 Å². The molecule has 1 aromatic heterocycles. The third kappa shape index (κ3) is 3.78. The molecule has 0 saturated heterocycles. The van der Waals surface area contributed by atoms with Crippen molar-refractivity contribution in [2.24, 2.45) is 7.05 Å². The van der Waals surface area contributed by atoms with Crippen molar-refractivity contribution in [1.82, 2.24) is 13.9 Å². The number of sulfonamides is 1. The van der Waals surface area contributed by atoms with Gasteiger partial charge in [0.05, 0.1) is 4.90 Å². The van der Waals surface area contributed by atoms with Crippen molar-refractivity contribution in [3.8, 4) is 0 Å². The van der Waals surface area contributed by atoms with Gasteiger partial charge in [-0.1, -0.05) is 41.4 Å². The molecule has 27 heavy (non-hydrogen) atoms. The lowest BCUT2D eigenvalue weighted by Crippen LogP contribution is -2.34. The van der Waals surface area contributed by atoms with E-state index in [9.17, 15) is 8.42 Å². The van der Waals surface area contributed by atoms with Crippen LogP contribution < -0.4 is 0 Å². The van der Waals surface area contributed by atoms with Crippen LogP contribution in [0.3, 0.4) is 0 Å². The average Bonchev–Trinajstić information content (AvgIpc) is 3.02. The highest BCUT2D eigenvalue weighted by Gasteiger charge is 2.33. The first-order valence-corrected chi connectivity index (χ1v) is 10.3. The molecule has 0 bridgehead atoms. The lowest BCUT2D eigenvalue weighted by molar-refractivity contribution is 0.398. The molecule has 3 aromatic rings. The van der Waals surface area contributed by atoms with Crippen LogP contribution in [0, 0.1) is 13.8 Å². The minimum Gasteiger partial charge on any atom is -0.336 e. The molecular weight excluding hydrogens is 382 g/mol. The van der Waals surface area contributed by atoms with E-state index in [1.807, 2.05) is 49.7 Å². The van der Waals surface area contributed by atoms with Crippen LogP contribution in [0.4, 0.5) is 0 Å². The van der Waals surface area contributed by atoms with Gasteiger partial charge in [-0.05, 0) is 43.2 Å². The van der Waals surface area contributed by atoms with Crippen LogP contribution in [-0.4, -0.2) is 29.3 Å². The second-order valence-electron chi connectivity index (χ2n) is 6.64. The molecule has 0 radical (unpaired) electrons. The number of rotatable bonds is 5. The van der Waals surface area contributed by atoms with Gasteiger partial charge in [-0.3, -0.25) is 0 Å². The van der Waals surface area contributed by atoms with Crippen LogP contribution in [-0.2, 0) is 17.1 Å². The lowest BCUT2D eigenvalue weighted by Gasteiger charge is -2.28. The number of halogens is 1. The number of nitrogens with zero attached hydrogens (tertiary/aromatic N) is 3. The molecule has 1 heterocycles. The van der Waals surface area contributed by atoms with E-state index in [4.69, 9.17) is 11.6 Å². The van der Waals surface area contributed by atoms with E-state index in [0.717, 1.165) is 16.7 Å². The van der Waals surface area contributed by atoms with Gasteiger partial charge < -0.3 is 4.57 Å². The average molecular weight is 404 g/mol. The molecular formula is C20H22ClN3O2S. The van der Waals surface area contributed by atoms with Gasteiger partial charge in [-0.25, -0.2) is 13.4 Å². The third-order valence-corrected chi connectivity index (χ3v) is 6.87. The molecule has 1 unspecified atom stereocenters. The molecule has 142 valence electrons. The Kier molecular flexibility index (Phi) is 5.42. The summed E-state index contributed by atoms with van der Waals surface area (Å²) in [4.78, 5) is 4.70. The standard InChI is InChI=1S/C20H22ClN3O2S/c1-14-5-10-18(15(2)13-14)27(25,26)24(4)19(20-22-11-12-23(20)3)16-6-8-17(21)9-7-16/h5-13,19H,1-4H3. The summed E-state index contributed by atoms with van der Waals surface area (Å²) >= 11 is 6.02. The Hall–Kier alpha value is -2.15. The molecule has 3 rings (SSSR count). The van der Waals surface area contributed by atoms with Gasteiger partial charge in [0.15, 0.2) is 0 Å². The van der Waals surface area contributed by atoms with Crippen molar-refractivity contribution in [2.45, 2.75) is 24.8 Å². The van der Waals surface area contributed by atoms with Crippen LogP contribution in [0.2, 0.25) is 5.02 Å². The van der Waals surface area contributed by atoms with E-state index in [1.165, 1.54) is 4.31 Å². The Bertz CT molecular complexity index is 1060. The second-order valence-corrected chi connectivity index (χ2v) is 9.04. The highest BCUT2D eigenvalue weighted by Crippen LogP contribution is 2.32. The first-order valence-electron chi connectivity index (χ1n) is 8.50. The van der Waals surface area contributed by atoms with Crippen molar-refractivity contribution in [3.63, 3.8) is 0 Å². The molecule has 0 aliphatic carbocycles. The van der Waals surface area contributed by atoms with Crippen LogP contribution >= 0.6 is 11.6 Å². The topological polar surface area (TPSA) is 55.2 Å². The van der Waals surface area contributed by atoms with Crippen LogP contribution in [0.25, 0.3) is 0 Å². The minimum atomic E-state index is -3.74. The molecule has 0 spiro atoms. The van der Waals surface area contributed by atoms with Gasteiger partial charge >= 0.3 is 0 Å². The second kappa shape index (κ2) is 7.46. The monoisotopic (exact) mass is 403 g/mol. The fourth-order valence-electron chi connectivity index (χ4n) is 3.19. The molecule has 0 aliphatic heterocycles. The van der Waals surface area contributed by atoms with Gasteiger partial charge in [-0.2, -0.15) is 4.31 Å². The van der Waals surface area contributed by atoms with Gasteiger partial charge in [0.2, 0.25) is 10.0 Å². The Morgan fingerprint density at radius 3 is 2.33 bits per heavy atom. The Morgan fingerprint density at radius 1 is 1.11 bits per heavy atom. The Labute approximate surface area is 165 Å². The summed E-state index contributed by atoms with van der Waals surface area (Å²) in [6.07, 6.45) is 3.46. The van der Waals surface area contributed by atoms with Crippen molar-refractivity contribution in [3.05, 3.63) is 82.4 Å². The number of hydrogen-bond acceptors (Lipinski definition) is 3. The molecule has 5 nitrogen and oxygen atoms in total. The molecule has 7 heteroatoms. The fourth-order valence-corrected chi connectivity index (χ4v) is 4.83. The third-order valence-electron chi connectivity index (χ3n) is 4.64. The first-order chi connectivity index (χ1) is 12.7. The molecule has 2 aromatic carbocycles. The molecule has 0 aliphatic rings. The quantitative estimate of drug-likeness (QED) is 0.644. The summed E-state index contributed by atoms with van der Waals surface area (Å²) in [5, 5.41) is 0.595. The summed E-state index contributed by atoms with van der Waals surface area (Å²) in [6.45, 7) is 3.75. The van der Waals surface area contributed by atoms with Crippen LogP contribution in [0.1, 0.15) is 28.6 Å². The van der Waals surface area contributed by atoms with Crippen molar-refractivity contribution < 1.29 is 8.42 Å². The van der Waals surface area contributed by atoms with Crippen LogP contribution in [0.15, 0.2) is 59.8 Å². The van der Waals surface area contributed by atoms with E-state index < -0.39 is 16.1 Å². The Morgan fingerprint density at radius 2 is 1.78 bits per heavy atom. The van der Waals surface area contributed by atoms with Gasteiger partial charge in [-0.15, -0.1) is 0 Å². The number of imidazole rings is 1. The van der Waals surface area contributed by atoms with Crippen molar-refractivity contribution in [2.75, 3.05) is 7.05 Å². The molecule has 0 fully saturated rings. The lowest BCUT2D eigenvalue weighted by atomic mass is 10.1. The molecule has 0 N–H and O–H groups in total. The summed E-state index contributed by atoms with van der Waals surface area (Å²) in [5.74, 6) is 0.633. The normalized spacial score (nSPS) is 13.1. The van der Waals surface area contributed by atoms with Crippen LogP contribution in [0.5, 0.6) is 0 Å².